The molecule has 0 spiro atoms. The lowest BCUT2D eigenvalue weighted by molar-refractivity contribution is 0.0931. The van der Waals surface area contributed by atoms with E-state index in [4.69, 9.17) is 0 Å². The lowest BCUT2D eigenvalue weighted by Crippen LogP contribution is -2.34. The van der Waals surface area contributed by atoms with E-state index in [0.717, 1.165) is 24.3 Å². The molecule has 1 heteroatoms. The molecule has 0 saturated heterocycles. The number of nitrogens with one attached hydrogen (secondary N) is 1. The van der Waals surface area contributed by atoms with Crippen molar-refractivity contribution < 1.29 is 0 Å². The summed E-state index contributed by atoms with van der Waals surface area (Å²) in [7, 11) is 0. The van der Waals surface area contributed by atoms with Gasteiger partial charge in [0.1, 0.15) is 0 Å². The average Bonchev–Trinajstić information content (AvgIpc) is 2.22. The minimum atomic E-state index is 0.524. The predicted molar refractivity (Wildman–Crippen MR) is 72.6 cm³/mol. The molecular weight excluding hydrogens is 194 g/mol. The molecule has 1 N–H and O–H groups in total. The molecule has 1 rings (SSSR count). The second-order valence-electron chi connectivity index (χ2n) is 6.56. The van der Waals surface area contributed by atoms with Gasteiger partial charge in [-0.05, 0) is 55.5 Å². The van der Waals surface area contributed by atoms with Crippen molar-refractivity contribution in [1.29, 1.82) is 0 Å². The van der Waals surface area contributed by atoms with Crippen molar-refractivity contribution in [2.24, 2.45) is 23.2 Å². The van der Waals surface area contributed by atoms with Crippen LogP contribution in [0.1, 0.15) is 60.3 Å². The largest absolute Gasteiger partial charge is 0.317 e. The molecule has 0 amide bonds. The summed E-state index contributed by atoms with van der Waals surface area (Å²) in [6.07, 6.45) is 5.66. The molecule has 16 heavy (non-hydrogen) atoms. The fourth-order valence-corrected chi connectivity index (χ4v) is 3.05. The highest BCUT2D eigenvalue weighted by atomic mass is 14.8. The minimum Gasteiger partial charge on any atom is -0.317 e. The van der Waals surface area contributed by atoms with E-state index >= 15 is 0 Å². The molecule has 0 bridgehead atoms. The first kappa shape index (κ1) is 14.0. The van der Waals surface area contributed by atoms with Gasteiger partial charge < -0.3 is 5.32 Å². The summed E-state index contributed by atoms with van der Waals surface area (Å²) in [5.74, 6) is 2.82. The molecule has 0 aromatic carbocycles. The maximum absolute atomic E-state index is 3.46. The highest BCUT2D eigenvalue weighted by Gasteiger charge is 2.34. The highest BCUT2D eigenvalue weighted by molar-refractivity contribution is 4.85. The Kier molecular flexibility index (Phi) is 5.30. The summed E-state index contributed by atoms with van der Waals surface area (Å²) in [5.41, 5.74) is 0.524. The quantitative estimate of drug-likeness (QED) is 0.695. The Morgan fingerprint density at radius 2 is 1.81 bits per heavy atom. The molecule has 0 aromatic heterocycles. The third-order valence-corrected chi connectivity index (χ3v) is 4.90. The third-order valence-electron chi connectivity index (χ3n) is 4.90. The van der Waals surface area contributed by atoms with Crippen LogP contribution >= 0.6 is 0 Å². The molecule has 1 fully saturated rings. The highest BCUT2D eigenvalue weighted by Crippen LogP contribution is 2.44. The summed E-state index contributed by atoms with van der Waals surface area (Å²) in [5, 5.41) is 3.46. The summed E-state index contributed by atoms with van der Waals surface area (Å²) in [6, 6.07) is 0. The van der Waals surface area contributed by atoms with Gasteiger partial charge in [0.05, 0.1) is 0 Å². The van der Waals surface area contributed by atoms with Gasteiger partial charge in [-0.3, -0.25) is 0 Å². The number of hydrogen-bond donors (Lipinski definition) is 1. The molecule has 1 aliphatic carbocycles. The topological polar surface area (TPSA) is 12.0 Å². The van der Waals surface area contributed by atoms with Gasteiger partial charge in [-0.1, -0.05) is 41.0 Å². The lowest BCUT2D eigenvalue weighted by Gasteiger charge is -2.41. The van der Waals surface area contributed by atoms with Crippen molar-refractivity contribution in [3.63, 3.8) is 0 Å². The van der Waals surface area contributed by atoms with Gasteiger partial charge in [-0.2, -0.15) is 0 Å². The summed E-state index contributed by atoms with van der Waals surface area (Å²) in [6.45, 7) is 14.3. The molecular formula is C15H31N. The first-order chi connectivity index (χ1) is 7.47. The van der Waals surface area contributed by atoms with Crippen molar-refractivity contribution in [3.8, 4) is 0 Å². The van der Waals surface area contributed by atoms with Gasteiger partial charge in [0, 0.05) is 0 Å². The second kappa shape index (κ2) is 6.05. The first-order valence-corrected chi connectivity index (χ1v) is 7.18. The lowest BCUT2D eigenvalue weighted by atomic mass is 9.64. The molecule has 96 valence electrons. The van der Waals surface area contributed by atoms with Crippen LogP contribution in [0.4, 0.5) is 0 Å². The average molecular weight is 225 g/mol. The molecule has 3 atom stereocenters. The Morgan fingerprint density at radius 1 is 1.12 bits per heavy atom. The van der Waals surface area contributed by atoms with Crippen molar-refractivity contribution in [2.75, 3.05) is 13.1 Å². The standard InChI is InChI=1S/C15H31N/c1-6-16-10-9-15(4,5)14-8-7-12(2)13(3)11-14/h12-14,16H,6-11H2,1-5H3. The van der Waals surface area contributed by atoms with Crippen LogP contribution in [-0.4, -0.2) is 13.1 Å². The van der Waals surface area contributed by atoms with Crippen LogP contribution in [0.2, 0.25) is 0 Å². The zero-order valence-corrected chi connectivity index (χ0v) is 12.0. The van der Waals surface area contributed by atoms with Crippen LogP contribution in [-0.2, 0) is 0 Å². The fourth-order valence-electron chi connectivity index (χ4n) is 3.05. The van der Waals surface area contributed by atoms with Crippen molar-refractivity contribution in [1.82, 2.24) is 5.32 Å². The molecule has 0 aromatic rings. The van der Waals surface area contributed by atoms with E-state index in [-0.39, 0.29) is 0 Å². The number of hydrogen-bond acceptors (Lipinski definition) is 1. The van der Waals surface area contributed by atoms with Crippen molar-refractivity contribution in [2.45, 2.75) is 60.3 Å². The SMILES string of the molecule is CCNCCC(C)(C)C1CCC(C)C(C)C1. The van der Waals surface area contributed by atoms with Gasteiger partial charge >= 0.3 is 0 Å². The van der Waals surface area contributed by atoms with E-state index in [1.807, 2.05) is 0 Å². The minimum absolute atomic E-state index is 0.524. The Morgan fingerprint density at radius 3 is 2.38 bits per heavy atom. The van der Waals surface area contributed by atoms with Gasteiger partial charge in [-0.25, -0.2) is 0 Å². The first-order valence-electron chi connectivity index (χ1n) is 7.18. The third kappa shape index (κ3) is 3.76. The molecule has 1 nitrogen and oxygen atoms in total. The fraction of sp³-hybridized carbons (Fsp3) is 1.00. The number of rotatable bonds is 5. The monoisotopic (exact) mass is 225 g/mol. The van der Waals surface area contributed by atoms with Gasteiger partial charge in [-0.15, -0.1) is 0 Å². The Hall–Kier alpha value is -0.0400. The summed E-state index contributed by atoms with van der Waals surface area (Å²) in [4.78, 5) is 0. The van der Waals surface area contributed by atoms with Crippen molar-refractivity contribution >= 4 is 0 Å². The van der Waals surface area contributed by atoms with Crippen LogP contribution < -0.4 is 5.32 Å². The van der Waals surface area contributed by atoms with E-state index in [2.05, 4.69) is 39.9 Å². The Bertz CT molecular complexity index is 198. The smallest absolute Gasteiger partial charge is 0.00438 e. The molecule has 1 saturated carbocycles. The van der Waals surface area contributed by atoms with Gasteiger partial charge in [0.2, 0.25) is 0 Å². The normalized spacial score (nSPS) is 31.7. The zero-order chi connectivity index (χ0) is 12.2. The van der Waals surface area contributed by atoms with Crippen LogP contribution in [0, 0.1) is 23.2 Å². The maximum Gasteiger partial charge on any atom is -0.00438 e. The van der Waals surface area contributed by atoms with Gasteiger partial charge in [0.25, 0.3) is 0 Å². The van der Waals surface area contributed by atoms with E-state index < -0.39 is 0 Å². The molecule has 0 radical (unpaired) electrons. The van der Waals surface area contributed by atoms with E-state index in [0.29, 0.717) is 5.41 Å². The van der Waals surface area contributed by atoms with Crippen LogP contribution in [0.15, 0.2) is 0 Å². The molecule has 0 aliphatic heterocycles. The van der Waals surface area contributed by atoms with E-state index in [9.17, 15) is 0 Å². The zero-order valence-electron chi connectivity index (χ0n) is 12.0. The summed E-state index contributed by atoms with van der Waals surface area (Å²) < 4.78 is 0. The Balaban J connectivity index is 2.42. The van der Waals surface area contributed by atoms with E-state index in [1.54, 1.807) is 0 Å². The van der Waals surface area contributed by atoms with Crippen LogP contribution in [0.5, 0.6) is 0 Å². The summed E-state index contributed by atoms with van der Waals surface area (Å²) >= 11 is 0. The van der Waals surface area contributed by atoms with E-state index in [1.165, 1.54) is 32.2 Å². The maximum atomic E-state index is 3.46. The second-order valence-corrected chi connectivity index (χ2v) is 6.56. The molecule has 1 aliphatic rings. The predicted octanol–water partition coefficient (Wildman–Crippen LogP) is 4.08. The molecule has 0 heterocycles. The van der Waals surface area contributed by atoms with Crippen LogP contribution in [0.3, 0.4) is 0 Å². The molecule has 3 unspecified atom stereocenters. The van der Waals surface area contributed by atoms with Gasteiger partial charge in [0.15, 0.2) is 0 Å². The van der Waals surface area contributed by atoms with Crippen molar-refractivity contribution in [3.05, 3.63) is 0 Å². The Labute approximate surface area is 102 Å². The van der Waals surface area contributed by atoms with Crippen LogP contribution in [0.25, 0.3) is 0 Å².